The van der Waals surface area contributed by atoms with Gasteiger partial charge in [0.15, 0.2) is 5.96 Å². The zero-order valence-electron chi connectivity index (χ0n) is 16.6. The van der Waals surface area contributed by atoms with Crippen LogP contribution in [0, 0.1) is 0 Å². The van der Waals surface area contributed by atoms with Gasteiger partial charge in [-0.05, 0) is 24.5 Å². The van der Waals surface area contributed by atoms with Gasteiger partial charge in [0.05, 0.1) is 6.26 Å². The molecule has 2 aromatic carbocycles. The highest BCUT2D eigenvalue weighted by Crippen LogP contribution is 2.21. The molecule has 1 unspecified atom stereocenters. The predicted molar refractivity (Wildman–Crippen MR) is 116 cm³/mol. The molecule has 0 aliphatic heterocycles. The summed E-state index contributed by atoms with van der Waals surface area (Å²) in [5.41, 5.74) is 2.53. The van der Waals surface area contributed by atoms with Crippen molar-refractivity contribution in [3.8, 4) is 0 Å². The van der Waals surface area contributed by atoms with Gasteiger partial charge in [-0.25, -0.2) is 13.1 Å². The van der Waals surface area contributed by atoms with Crippen LogP contribution in [0.15, 0.2) is 65.7 Å². The number of aliphatic imine (C=N–C) groups is 1. The van der Waals surface area contributed by atoms with E-state index < -0.39 is 10.0 Å². The van der Waals surface area contributed by atoms with Crippen molar-refractivity contribution in [2.45, 2.75) is 19.3 Å². The highest BCUT2D eigenvalue weighted by molar-refractivity contribution is 7.88. The Labute approximate surface area is 168 Å². The minimum Gasteiger partial charge on any atom is -0.357 e. The van der Waals surface area contributed by atoms with Gasteiger partial charge >= 0.3 is 0 Å². The average molecular weight is 403 g/mol. The second-order valence-electron chi connectivity index (χ2n) is 6.61. The monoisotopic (exact) mass is 402 g/mol. The van der Waals surface area contributed by atoms with Gasteiger partial charge in [0.25, 0.3) is 0 Å². The quantitative estimate of drug-likeness (QED) is 0.323. The van der Waals surface area contributed by atoms with E-state index in [-0.39, 0.29) is 5.92 Å². The summed E-state index contributed by atoms with van der Waals surface area (Å²) in [6.07, 6.45) is 2.06. The minimum atomic E-state index is -3.18. The van der Waals surface area contributed by atoms with Gasteiger partial charge in [-0.1, -0.05) is 60.7 Å². The maximum atomic E-state index is 11.2. The van der Waals surface area contributed by atoms with Crippen LogP contribution in [0.1, 0.15) is 24.0 Å². The normalized spacial score (nSPS) is 13.1. The topological polar surface area (TPSA) is 82.6 Å². The predicted octanol–water partition coefficient (Wildman–Crippen LogP) is 2.12. The Morgan fingerprint density at radius 1 is 0.964 bits per heavy atom. The Balaban J connectivity index is 2.04. The maximum absolute atomic E-state index is 11.2. The van der Waals surface area contributed by atoms with Crippen LogP contribution < -0.4 is 15.4 Å². The smallest absolute Gasteiger partial charge is 0.208 e. The van der Waals surface area contributed by atoms with Gasteiger partial charge in [-0.2, -0.15) is 0 Å². The van der Waals surface area contributed by atoms with E-state index in [0.717, 1.165) is 19.2 Å². The second-order valence-corrected chi connectivity index (χ2v) is 8.44. The third-order valence-corrected chi connectivity index (χ3v) is 4.92. The molecular formula is C21H30N4O2S. The van der Waals surface area contributed by atoms with Crippen molar-refractivity contribution >= 4 is 16.0 Å². The summed E-state index contributed by atoms with van der Waals surface area (Å²) < 4.78 is 24.8. The molecule has 0 fully saturated rings. The number of guanidine groups is 1. The SMILES string of the molecule is CCNC(=NCC(Cc1ccccc1)c1ccccc1)NCCNS(C)(=O)=O. The van der Waals surface area contributed by atoms with Crippen LogP contribution in [0.3, 0.4) is 0 Å². The number of rotatable bonds is 10. The number of sulfonamides is 1. The lowest BCUT2D eigenvalue weighted by Gasteiger charge is -2.17. The molecule has 0 saturated carbocycles. The lowest BCUT2D eigenvalue weighted by atomic mass is 9.92. The third-order valence-electron chi connectivity index (χ3n) is 4.19. The van der Waals surface area contributed by atoms with Gasteiger partial charge in [-0.15, -0.1) is 0 Å². The molecule has 0 heterocycles. The molecular weight excluding hydrogens is 372 g/mol. The van der Waals surface area contributed by atoms with E-state index in [1.165, 1.54) is 11.1 Å². The molecule has 0 saturated heterocycles. The van der Waals surface area contributed by atoms with Gasteiger partial charge < -0.3 is 10.6 Å². The van der Waals surface area contributed by atoms with Crippen LogP contribution in [-0.2, 0) is 16.4 Å². The fourth-order valence-electron chi connectivity index (χ4n) is 2.87. The lowest BCUT2D eigenvalue weighted by Crippen LogP contribution is -2.41. The van der Waals surface area contributed by atoms with Crippen molar-refractivity contribution in [1.29, 1.82) is 0 Å². The number of hydrogen-bond acceptors (Lipinski definition) is 3. The van der Waals surface area contributed by atoms with E-state index in [9.17, 15) is 8.42 Å². The van der Waals surface area contributed by atoms with Gasteiger partial charge in [0, 0.05) is 32.1 Å². The minimum absolute atomic E-state index is 0.258. The molecule has 152 valence electrons. The molecule has 0 bridgehead atoms. The van der Waals surface area contributed by atoms with E-state index >= 15 is 0 Å². The van der Waals surface area contributed by atoms with Gasteiger partial charge in [0.1, 0.15) is 0 Å². The summed E-state index contributed by atoms with van der Waals surface area (Å²) in [4.78, 5) is 4.74. The first-order chi connectivity index (χ1) is 13.5. The van der Waals surface area contributed by atoms with Crippen molar-refractivity contribution in [3.05, 3.63) is 71.8 Å². The van der Waals surface area contributed by atoms with E-state index in [2.05, 4.69) is 63.9 Å². The first-order valence-electron chi connectivity index (χ1n) is 9.53. The zero-order chi connectivity index (χ0) is 20.2. The van der Waals surface area contributed by atoms with E-state index in [1.54, 1.807) is 0 Å². The molecule has 2 aromatic rings. The summed E-state index contributed by atoms with van der Waals surface area (Å²) in [6.45, 7) is 4.15. The molecule has 0 aliphatic carbocycles. The van der Waals surface area contributed by atoms with E-state index in [0.29, 0.717) is 25.6 Å². The molecule has 0 aliphatic rings. The van der Waals surface area contributed by atoms with Crippen LogP contribution >= 0.6 is 0 Å². The summed E-state index contributed by atoms with van der Waals surface area (Å²) >= 11 is 0. The molecule has 2 rings (SSSR count). The van der Waals surface area contributed by atoms with Crippen molar-refractivity contribution in [1.82, 2.24) is 15.4 Å². The first-order valence-corrected chi connectivity index (χ1v) is 11.4. The van der Waals surface area contributed by atoms with Crippen molar-refractivity contribution in [2.24, 2.45) is 4.99 Å². The van der Waals surface area contributed by atoms with E-state index in [1.807, 2.05) is 19.1 Å². The van der Waals surface area contributed by atoms with Gasteiger partial charge in [-0.3, -0.25) is 4.99 Å². The second kappa shape index (κ2) is 11.5. The van der Waals surface area contributed by atoms with Crippen molar-refractivity contribution in [3.63, 3.8) is 0 Å². The standard InChI is InChI=1S/C21H30N4O2S/c1-3-22-21(23-14-15-25-28(2,26)27)24-17-20(19-12-8-5-9-13-19)16-18-10-6-4-7-11-18/h4-13,20,25H,3,14-17H2,1-2H3,(H2,22,23,24). The number of hydrogen-bond donors (Lipinski definition) is 3. The molecule has 1 atom stereocenters. The van der Waals surface area contributed by atoms with E-state index in [4.69, 9.17) is 4.99 Å². The van der Waals surface area contributed by atoms with Crippen molar-refractivity contribution in [2.75, 3.05) is 32.4 Å². The largest absolute Gasteiger partial charge is 0.357 e. The van der Waals surface area contributed by atoms with Crippen LogP contribution in [0.25, 0.3) is 0 Å². The Bertz CT molecular complexity index is 824. The fourth-order valence-corrected chi connectivity index (χ4v) is 3.35. The summed E-state index contributed by atoms with van der Waals surface area (Å²) in [6, 6.07) is 20.8. The van der Waals surface area contributed by atoms with Crippen LogP contribution in [0.4, 0.5) is 0 Å². The Morgan fingerprint density at radius 2 is 1.61 bits per heavy atom. The summed E-state index contributed by atoms with van der Waals surface area (Å²) in [7, 11) is -3.18. The maximum Gasteiger partial charge on any atom is 0.208 e. The van der Waals surface area contributed by atoms with Crippen molar-refractivity contribution < 1.29 is 8.42 Å². The molecule has 0 spiro atoms. The number of nitrogens with one attached hydrogen (secondary N) is 3. The van der Waals surface area contributed by atoms with Crippen LogP contribution in [0.5, 0.6) is 0 Å². The number of nitrogens with zero attached hydrogens (tertiary/aromatic N) is 1. The first kappa shape index (κ1) is 21.9. The zero-order valence-corrected chi connectivity index (χ0v) is 17.4. The molecule has 6 nitrogen and oxygen atoms in total. The molecule has 7 heteroatoms. The highest BCUT2D eigenvalue weighted by Gasteiger charge is 2.12. The lowest BCUT2D eigenvalue weighted by molar-refractivity contribution is 0.586. The Kier molecular flexibility index (Phi) is 8.97. The molecule has 28 heavy (non-hydrogen) atoms. The molecule has 3 N–H and O–H groups in total. The molecule has 0 aromatic heterocycles. The summed E-state index contributed by atoms with van der Waals surface area (Å²) in [5, 5.41) is 6.39. The Morgan fingerprint density at radius 3 is 2.21 bits per heavy atom. The molecule has 0 amide bonds. The fraction of sp³-hybridized carbons (Fsp3) is 0.381. The highest BCUT2D eigenvalue weighted by atomic mass is 32.2. The van der Waals surface area contributed by atoms with Crippen LogP contribution in [-0.4, -0.2) is 46.8 Å². The molecule has 0 radical (unpaired) electrons. The number of benzene rings is 2. The average Bonchev–Trinajstić information content (AvgIpc) is 2.69. The third kappa shape index (κ3) is 8.54. The Hall–Kier alpha value is -2.38. The summed E-state index contributed by atoms with van der Waals surface area (Å²) in [5.74, 6) is 0.944. The van der Waals surface area contributed by atoms with Gasteiger partial charge in [0.2, 0.25) is 10.0 Å². The van der Waals surface area contributed by atoms with Crippen LogP contribution in [0.2, 0.25) is 0 Å².